The van der Waals surface area contributed by atoms with Crippen molar-refractivity contribution in [3.05, 3.63) is 35.4 Å². The van der Waals surface area contributed by atoms with E-state index in [1.54, 1.807) is 0 Å². The number of thiocarbonyl (C=S) groups is 1. The first-order chi connectivity index (χ1) is 7.63. The Kier molecular flexibility index (Phi) is 5.11. The fourth-order valence-corrected chi connectivity index (χ4v) is 1.33. The summed E-state index contributed by atoms with van der Waals surface area (Å²) >= 11 is 4.96. The highest BCUT2D eigenvalue weighted by molar-refractivity contribution is 7.80. The lowest BCUT2D eigenvalue weighted by atomic mass is 10.2. The van der Waals surface area contributed by atoms with E-state index in [4.69, 9.17) is 12.2 Å². The van der Waals surface area contributed by atoms with Gasteiger partial charge in [0, 0.05) is 18.7 Å². The lowest BCUT2D eigenvalue weighted by Crippen LogP contribution is -2.35. The van der Waals surface area contributed by atoms with E-state index in [0.29, 0.717) is 5.11 Å². The van der Waals surface area contributed by atoms with Crippen molar-refractivity contribution in [1.82, 2.24) is 10.6 Å². The second-order valence-electron chi connectivity index (χ2n) is 3.35. The molecule has 1 aromatic carbocycles. The molecule has 0 atom stereocenters. The molecule has 2 nitrogen and oxygen atoms in total. The van der Waals surface area contributed by atoms with E-state index in [1.807, 2.05) is 6.92 Å². The molecule has 2 N–H and O–H groups in total. The predicted octanol–water partition coefficient (Wildman–Crippen LogP) is 2.34. The molecule has 1 rings (SSSR count). The molecule has 0 unspecified atom stereocenters. The van der Waals surface area contributed by atoms with Gasteiger partial charge in [-0.1, -0.05) is 6.92 Å². The molecule has 5 heteroatoms. The minimum Gasteiger partial charge on any atom is -0.363 e. The molecule has 0 bridgehead atoms. The van der Waals surface area contributed by atoms with Gasteiger partial charge in [-0.15, -0.1) is 0 Å². The second-order valence-corrected chi connectivity index (χ2v) is 3.75. The van der Waals surface area contributed by atoms with Gasteiger partial charge in [0.05, 0.1) is 0 Å². The standard InChI is InChI=1S/C11H14F2N2S/c1-2-5-14-11(16)15-7-8-6-9(12)3-4-10(8)13/h3-4,6H,2,5,7H2,1H3,(H2,14,15,16). The predicted molar refractivity (Wildman–Crippen MR) is 64.1 cm³/mol. The molecule has 16 heavy (non-hydrogen) atoms. The van der Waals surface area contributed by atoms with E-state index in [0.717, 1.165) is 31.2 Å². The Bertz CT molecular complexity index is 369. The highest BCUT2D eigenvalue weighted by atomic mass is 32.1. The number of halogens is 2. The summed E-state index contributed by atoms with van der Waals surface area (Å²) in [6.45, 7) is 2.96. The normalized spacial score (nSPS) is 9.94. The average Bonchev–Trinajstić information content (AvgIpc) is 2.27. The van der Waals surface area contributed by atoms with Crippen molar-refractivity contribution < 1.29 is 8.78 Å². The summed E-state index contributed by atoms with van der Waals surface area (Å²) in [5, 5.41) is 6.21. The van der Waals surface area contributed by atoms with Crippen LogP contribution in [0.3, 0.4) is 0 Å². The first kappa shape index (κ1) is 12.8. The number of benzene rings is 1. The van der Waals surface area contributed by atoms with Crippen molar-refractivity contribution in [3.63, 3.8) is 0 Å². The van der Waals surface area contributed by atoms with Crippen molar-refractivity contribution >= 4 is 17.3 Å². The largest absolute Gasteiger partial charge is 0.363 e. The van der Waals surface area contributed by atoms with E-state index in [1.165, 1.54) is 0 Å². The summed E-state index contributed by atoms with van der Waals surface area (Å²) in [6.07, 6.45) is 0.955. The van der Waals surface area contributed by atoms with Crippen LogP contribution in [0.4, 0.5) is 8.78 Å². The summed E-state index contributed by atoms with van der Waals surface area (Å²) in [4.78, 5) is 0. The van der Waals surface area contributed by atoms with Crippen LogP contribution in [0.5, 0.6) is 0 Å². The molecule has 0 aliphatic rings. The third kappa shape index (κ3) is 4.10. The molecule has 0 radical (unpaired) electrons. The van der Waals surface area contributed by atoms with Crippen molar-refractivity contribution in [2.45, 2.75) is 19.9 Å². The topological polar surface area (TPSA) is 24.1 Å². The van der Waals surface area contributed by atoms with Gasteiger partial charge in [0.25, 0.3) is 0 Å². The highest BCUT2D eigenvalue weighted by Crippen LogP contribution is 2.08. The molecule has 0 aromatic heterocycles. The molecule has 0 amide bonds. The third-order valence-electron chi connectivity index (χ3n) is 1.98. The van der Waals surface area contributed by atoms with Crippen LogP contribution >= 0.6 is 12.2 Å². The molecular formula is C11H14F2N2S. The van der Waals surface area contributed by atoms with Gasteiger partial charge in [-0.2, -0.15) is 0 Å². The summed E-state index contributed by atoms with van der Waals surface area (Å²) in [5.74, 6) is -0.891. The molecular weight excluding hydrogens is 230 g/mol. The van der Waals surface area contributed by atoms with E-state index in [2.05, 4.69) is 10.6 Å². The van der Waals surface area contributed by atoms with Crippen LogP contribution in [-0.2, 0) is 6.54 Å². The van der Waals surface area contributed by atoms with Gasteiger partial charge in [-0.3, -0.25) is 0 Å². The Balaban J connectivity index is 2.47. The van der Waals surface area contributed by atoms with Gasteiger partial charge in [-0.25, -0.2) is 8.78 Å². The summed E-state index contributed by atoms with van der Waals surface area (Å²) in [6, 6.07) is 3.35. The van der Waals surface area contributed by atoms with Gasteiger partial charge in [0.1, 0.15) is 11.6 Å². The van der Waals surface area contributed by atoms with Crippen LogP contribution in [-0.4, -0.2) is 11.7 Å². The lowest BCUT2D eigenvalue weighted by molar-refractivity contribution is 0.581. The van der Waals surface area contributed by atoms with Crippen molar-refractivity contribution in [2.24, 2.45) is 0 Å². The highest BCUT2D eigenvalue weighted by Gasteiger charge is 2.04. The van der Waals surface area contributed by atoms with Crippen molar-refractivity contribution in [3.8, 4) is 0 Å². The second kappa shape index (κ2) is 6.37. The molecule has 0 heterocycles. The quantitative estimate of drug-likeness (QED) is 0.795. The van der Waals surface area contributed by atoms with Gasteiger partial charge < -0.3 is 10.6 Å². The molecule has 0 aliphatic carbocycles. The molecule has 1 aromatic rings. The smallest absolute Gasteiger partial charge is 0.166 e. The van der Waals surface area contributed by atoms with E-state index in [9.17, 15) is 8.78 Å². The van der Waals surface area contributed by atoms with Gasteiger partial charge in [0.2, 0.25) is 0 Å². The molecule has 0 aliphatic heterocycles. The molecule has 0 saturated heterocycles. The maximum atomic E-state index is 13.2. The van der Waals surface area contributed by atoms with E-state index in [-0.39, 0.29) is 12.1 Å². The van der Waals surface area contributed by atoms with Crippen LogP contribution in [0.2, 0.25) is 0 Å². The Hall–Kier alpha value is -1.23. The van der Waals surface area contributed by atoms with Crippen molar-refractivity contribution in [2.75, 3.05) is 6.54 Å². The third-order valence-corrected chi connectivity index (χ3v) is 2.27. The number of rotatable bonds is 4. The Morgan fingerprint density at radius 1 is 1.31 bits per heavy atom. The van der Waals surface area contributed by atoms with Gasteiger partial charge in [0.15, 0.2) is 5.11 Å². The molecule has 0 fully saturated rings. The van der Waals surface area contributed by atoms with Crippen LogP contribution in [0.25, 0.3) is 0 Å². The van der Waals surface area contributed by atoms with Gasteiger partial charge >= 0.3 is 0 Å². The number of nitrogens with one attached hydrogen (secondary N) is 2. The molecule has 0 spiro atoms. The summed E-state index contributed by atoms with van der Waals surface area (Å²) in [5.41, 5.74) is 0.264. The minimum atomic E-state index is -0.453. The SMILES string of the molecule is CCCNC(=S)NCc1cc(F)ccc1F. The zero-order valence-corrected chi connectivity index (χ0v) is 9.83. The van der Waals surface area contributed by atoms with Crippen LogP contribution in [0.1, 0.15) is 18.9 Å². The van der Waals surface area contributed by atoms with Crippen molar-refractivity contribution in [1.29, 1.82) is 0 Å². The maximum Gasteiger partial charge on any atom is 0.166 e. The van der Waals surface area contributed by atoms with E-state index < -0.39 is 11.6 Å². The van der Waals surface area contributed by atoms with E-state index >= 15 is 0 Å². The summed E-state index contributed by atoms with van der Waals surface area (Å²) < 4.78 is 26.0. The molecule has 88 valence electrons. The first-order valence-corrected chi connectivity index (χ1v) is 5.50. The average molecular weight is 244 g/mol. The fourth-order valence-electron chi connectivity index (χ4n) is 1.16. The van der Waals surface area contributed by atoms with Crippen LogP contribution in [0.15, 0.2) is 18.2 Å². The minimum absolute atomic E-state index is 0.180. The Morgan fingerprint density at radius 3 is 2.75 bits per heavy atom. The number of hydrogen-bond acceptors (Lipinski definition) is 1. The fraction of sp³-hybridized carbons (Fsp3) is 0.364. The lowest BCUT2D eigenvalue weighted by Gasteiger charge is -2.10. The van der Waals surface area contributed by atoms with Gasteiger partial charge in [-0.05, 0) is 36.8 Å². The Labute approximate surface area is 99.0 Å². The van der Waals surface area contributed by atoms with Crippen LogP contribution in [0, 0.1) is 11.6 Å². The zero-order chi connectivity index (χ0) is 12.0. The first-order valence-electron chi connectivity index (χ1n) is 5.09. The monoisotopic (exact) mass is 244 g/mol. The zero-order valence-electron chi connectivity index (χ0n) is 9.02. The number of hydrogen-bond donors (Lipinski definition) is 2. The molecule has 0 saturated carbocycles. The maximum absolute atomic E-state index is 13.2. The Morgan fingerprint density at radius 2 is 2.06 bits per heavy atom. The summed E-state index contributed by atoms with van der Waals surface area (Å²) in [7, 11) is 0. The van der Waals surface area contributed by atoms with Crippen LogP contribution < -0.4 is 10.6 Å².